The number of anilines is 3. The fourth-order valence-corrected chi connectivity index (χ4v) is 5.44. The van der Waals surface area contributed by atoms with Crippen molar-refractivity contribution in [1.82, 2.24) is 34.6 Å². The summed E-state index contributed by atoms with van der Waals surface area (Å²) in [6.45, 7) is 5.29. The molecule has 0 aromatic carbocycles. The van der Waals surface area contributed by atoms with Gasteiger partial charge in [0.25, 0.3) is 0 Å². The van der Waals surface area contributed by atoms with E-state index in [2.05, 4.69) is 41.7 Å². The maximum atomic E-state index is 6.17. The minimum Gasteiger partial charge on any atom is -0.368 e. The molecule has 0 aliphatic carbocycles. The Morgan fingerprint density at radius 2 is 2.07 bits per heavy atom. The molecule has 0 amide bonds. The summed E-state index contributed by atoms with van der Waals surface area (Å²) in [5, 5.41) is 9.88. The minimum absolute atomic E-state index is 0.274. The summed E-state index contributed by atoms with van der Waals surface area (Å²) < 4.78 is 2.50. The van der Waals surface area contributed by atoms with E-state index in [4.69, 9.17) is 10.7 Å². The van der Waals surface area contributed by atoms with Gasteiger partial charge in [0.05, 0.1) is 22.1 Å². The highest BCUT2D eigenvalue weighted by molar-refractivity contribution is 7.17. The predicted octanol–water partition coefficient (Wildman–Crippen LogP) is 2.99. The van der Waals surface area contributed by atoms with Gasteiger partial charge in [0.2, 0.25) is 11.9 Å². The standard InChI is InChI=1S/C20H21N9S/c1-11-9-30-17-15(11)23-10-24-18(17)29-19(21)26-20(27-29)25-14-6-13-8-28-4-2-12(3-5-28)16(13)22-7-14/h6-7,9-10,12H,2-5,8H2,1H3,(H3,21,25,26,27). The molecular formula is C20H21N9S. The van der Waals surface area contributed by atoms with Gasteiger partial charge in [-0.3, -0.25) is 9.88 Å². The van der Waals surface area contributed by atoms with Gasteiger partial charge in [0.1, 0.15) is 6.33 Å². The van der Waals surface area contributed by atoms with E-state index in [0.717, 1.165) is 41.1 Å². The summed E-state index contributed by atoms with van der Waals surface area (Å²) in [5.74, 6) is 1.91. The lowest BCUT2D eigenvalue weighted by molar-refractivity contribution is 0.220. The first-order valence-electron chi connectivity index (χ1n) is 10.1. The highest BCUT2D eigenvalue weighted by atomic mass is 32.1. The highest BCUT2D eigenvalue weighted by Gasteiger charge is 2.28. The Hall–Kier alpha value is -3.11. The molecular weight excluding hydrogens is 398 g/mol. The Bertz CT molecular complexity index is 1250. The van der Waals surface area contributed by atoms with Crippen LogP contribution in [0, 0.1) is 6.92 Å². The van der Waals surface area contributed by atoms with Crippen LogP contribution in [-0.2, 0) is 6.54 Å². The van der Waals surface area contributed by atoms with Crippen molar-refractivity contribution in [1.29, 1.82) is 0 Å². The molecule has 4 aromatic rings. The first-order chi connectivity index (χ1) is 14.7. The maximum Gasteiger partial charge on any atom is 0.248 e. The molecule has 0 saturated carbocycles. The van der Waals surface area contributed by atoms with E-state index < -0.39 is 0 Å². The molecule has 4 aromatic heterocycles. The smallest absolute Gasteiger partial charge is 0.248 e. The summed E-state index contributed by atoms with van der Waals surface area (Å²) in [7, 11) is 0. The zero-order chi connectivity index (χ0) is 20.2. The molecule has 30 heavy (non-hydrogen) atoms. The lowest BCUT2D eigenvalue weighted by Gasteiger charge is -2.26. The van der Waals surface area contributed by atoms with Crippen LogP contribution in [0.5, 0.6) is 0 Å². The molecule has 7 rings (SSSR count). The Kier molecular flexibility index (Phi) is 3.96. The number of hydrogen-bond donors (Lipinski definition) is 2. The number of nitrogen functional groups attached to an aromatic ring is 1. The molecule has 152 valence electrons. The molecule has 3 N–H and O–H groups in total. The molecule has 1 fully saturated rings. The number of aryl methyl sites for hydroxylation is 1. The van der Waals surface area contributed by atoms with E-state index >= 15 is 0 Å². The van der Waals surface area contributed by atoms with Crippen molar-refractivity contribution in [2.24, 2.45) is 0 Å². The molecule has 0 spiro atoms. The van der Waals surface area contributed by atoms with Crippen molar-refractivity contribution in [2.75, 3.05) is 24.1 Å². The van der Waals surface area contributed by atoms with Crippen LogP contribution in [0.25, 0.3) is 16.0 Å². The van der Waals surface area contributed by atoms with Crippen molar-refractivity contribution in [3.63, 3.8) is 0 Å². The number of nitrogens with zero attached hydrogens (tertiary/aromatic N) is 7. The minimum atomic E-state index is 0.274. The first kappa shape index (κ1) is 17.7. The highest BCUT2D eigenvalue weighted by Crippen LogP contribution is 2.35. The van der Waals surface area contributed by atoms with Gasteiger partial charge in [0.15, 0.2) is 5.82 Å². The first-order valence-corrected chi connectivity index (χ1v) is 10.9. The van der Waals surface area contributed by atoms with Crippen LogP contribution >= 0.6 is 11.3 Å². The van der Waals surface area contributed by atoms with Gasteiger partial charge >= 0.3 is 0 Å². The summed E-state index contributed by atoms with van der Waals surface area (Å²) >= 11 is 1.58. The summed E-state index contributed by atoms with van der Waals surface area (Å²) in [6, 6.07) is 2.17. The van der Waals surface area contributed by atoms with Gasteiger partial charge in [-0.1, -0.05) is 0 Å². The third-order valence-corrected chi connectivity index (χ3v) is 7.05. The number of fused-ring (bicyclic) bond motifs is 3. The normalized spacial score (nSPS) is 20.3. The van der Waals surface area contributed by atoms with E-state index in [9.17, 15) is 0 Å². The largest absolute Gasteiger partial charge is 0.368 e. The molecule has 2 bridgehead atoms. The van der Waals surface area contributed by atoms with Crippen LogP contribution in [0.3, 0.4) is 0 Å². The van der Waals surface area contributed by atoms with Gasteiger partial charge in [-0.05, 0) is 55.4 Å². The molecule has 7 heterocycles. The second-order valence-corrected chi connectivity index (χ2v) is 8.82. The van der Waals surface area contributed by atoms with Crippen LogP contribution in [0.1, 0.15) is 35.6 Å². The van der Waals surface area contributed by atoms with Crippen LogP contribution in [-0.4, -0.2) is 47.7 Å². The average molecular weight is 420 g/mol. The van der Waals surface area contributed by atoms with E-state index in [1.165, 1.54) is 30.4 Å². The SMILES string of the molecule is Cc1csc2c(-n3nc(Nc4cnc5c(c4)CN4CCC5CC4)nc3N)ncnc12. The van der Waals surface area contributed by atoms with Crippen molar-refractivity contribution < 1.29 is 0 Å². The molecule has 3 aliphatic heterocycles. The van der Waals surface area contributed by atoms with Crippen LogP contribution in [0.2, 0.25) is 0 Å². The van der Waals surface area contributed by atoms with Gasteiger partial charge in [0, 0.05) is 18.2 Å². The molecule has 3 aliphatic rings. The van der Waals surface area contributed by atoms with Gasteiger partial charge in [-0.2, -0.15) is 9.67 Å². The molecule has 9 nitrogen and oxygen atoms in total. The summed E-state index contributed by atoms with van der Waals surface area (Å²) in [4.78, 5) is 20.4. The second-order valence-electron chi connectivity index (χ2n) is 7.94. The van der Waals surface area contributed by atoms with Crippen LogP contribution in [0.4, 0.5) is 17.6 Å². The lowest BCUT2D eigenvalue weighted by atomic mass is 9.93. The molecule has 0 radical (unpaired) electrons. The third kappa shape index (κ3) is 2.83. The van der Waals surface area contributed by atoms with Crippen molar-refractivity contribution >= 4 is 39.1 Å². The lowest BCUT2D eigenvalue weighted by Crippen LogP contribution is -2.28. The van der Waals surface area contributed by atoms with Crippen LogP contribution in [0.15, 0.2) is 24.0 Å². The molecule has 1 saturated heterocycles. The van der Waals surface area contributed by atoms with Gasteiger partial charge < -0.3 is 11.1 Å². The number of aromatic nitrogens is 6. The fourth-order valence-electron chi connectivity index (χ4n) is 4.46. The number of piperidine rings is 1. The van der Waals surface area contributed by atoms with Crippen LogP contribution < -0.4 is 11.1 Å². The second kappa shape index (κ2) is 6.71. The maximum absolute atomic E-state index is 6.17. The Labute approximate surface area is 177 Å². The monoisotopic (exact) mass is 419 g/mol. The molecule has 0 atom stereocenters. The number of thiophene rings is 1. The van der Waals surface area contributed by atoms with Crippen molar-refractivity contribution in [3.05, 3.63) is 40.8 Å². The number of rotatable bonds is 3. The zero-order valence-corrected chi connectivity index (χ0v) is 17.4. The zero-order valence-electron chi connectivity index (χ0n) is 16.5. The van der Waals surface area contributed by atoms with E-state index in [1.807, 2.05) is 13.1 Å². The topological polar surface area (TPSA) is 111 Å². The number of pyridine rings is 1. The average Bonchev–Trinajstić information content (AvgIpc) is 3.19. The Balaban J connectivity index is 1.33. The fraction of sp³-hybridized carbons (Fsp3) is 0.350. The number of nitrogens with one attached hydrogen (secondary N) is 1. The predicted molar refractivity (Wildman–Crippen MR) is 116 cm³/mol. The third-order valence-electron chi connectivity index (χ3n) is 5.97. The number of hydrogen-bond acceptors (Lipinski definition) is 9. The van der Waals surface area contributed by atoms with Gasteiger partial charge in [-0.15, -0.1) is 16.4 Å². The van der Waals surface area contributed by atoms with Crippen molar-refractivity contribution in [3.8, 4) is 5.82 Å². The molecule has 0 unspecified atom stereocenters. The van der Waals surface area contributed by atoms with E-state index in [0.29, 0.717) is 17.7 Å². The number of nitrogens with two attached hydrogens (primary N) is 1. The summed E-state index contributed by atoms with van der Waals surface area (Å²) in [5.41, 5.74) is 11.6. The Morgan fingerprint density at radius 1 is 1.20 bits per heavy atom. The van der Waals surface area contributed by atoms with Gasteiger partial charge in [-0.25, -0.2) is 9.97 Å². The Morgan fingerprint density at radius 3 is 2.93 bits per heavy atom. The van der Waals surface area contributed by atoms with E-state index in [1.54, 1.807) is 16.0 Å². The quantitative estimate of drug-likeness (QED) is 0.521. The summed E-state index contributed by atoms with van der Waals surface area (Å²) in [6.07, 6.45) is 5.80. The van der Waals surface area contributed by atoms with Crippen molar-refractivity contribution in [2.45, 2.75) is 32.2 Å². The van der Waals surface area contributed by atoms with E-state index in [-0.39, 0.29) is 5.95 Å². The molecule has 10 heteroatoms.